The third-order valence-electron chi connectivity index (χ3n) is 4.94. The molecule has 0 atom stereocenters. The fourth-order valence-corrected chi connectivity index (χ4v) is 3.33. The van der Waals surface area contributed by atoms with Crippen LogP contribution in [0.3, 0.4) is 0 Å². The van der Waals surface area contributed by atoms with Crippen LogP contribution in [0.1, 0.15) is 0 Å². The Bertz CT molecular complexity index is 1210. The van der Waals surface area contributed by atoms with Crippen molar-refractivity contribution in [3.8, 4) is 16.9 Å². The van der Waals surface area contributed by atoms with Crippen molar-refractivity contribution in [2.75, 3.05) is 42.5 Å². The molecule has 0 aliphatic heterocycles. The van der Waals surface area contributed by atoms with Crippen LogP contribution in [0, 0.1) is 0 Å². The van der Waals surface area contributed by atoms with Gasteiger partial charge in [-0.3, -0.25) is 0 Å². The van der Waals surface area contributed by atoms with Gasteiger partial charge in [0.15, 0.2) is 5.52 Å². The largest absolute Gasteiger partial charge is 0.494 e. The van der Waals surface area contributed by atoms with Crippen molar-refractivity contribution in [1.29, 1.82) is 0 Å². The van der Waals surface area contributed by atoms with Crippen molar-refractivity contribution >= 4 is 39.9 Å². The van der Waals surface area contributed by atoms with Gasteiger partial charge in [-0.05, 0) is 59.7 Å². The number of carbonyl (C=O) groups is 1. The van der Waals surface area contributed by atoms with Crippen LogP contribution < -0.4 is 26.0 Å². The van der Waals surface area contributed by atoms with E-state index >= 15 is 0 Å². The molecule has 8 nitrogen and oxygen atoms in total. The smallest absolute Gasteiger partial charge is 0.323 e. The highest BCUT2D eigenvalue weighted by Crippen LogP contribution is 2.37. The monoisotopic (exact) mass is 417 g/mol. The maximum atomic E-state index is 12.3. The van der Waals surface area contributed by atoms with Crippen molar-refractivity contribution in [2.45, 2.75) is 0 Å². The lowest BCUT2D eigenvalue weighted by molar-refractivity contribution is 0.262. The van der Waals surface area contributed by atoms with Gasteiger partial charge in [-0.15, -0.1) is 0 Å². The van der Waals surface area contributed by atoms with E-state index in [4.69, 9.17) is 15.0 Å². The molecule has 0 unspecified atom stereocenters. The molecule has 31 heavy (non-hydrogen) atoms. The molecule has 158 valence electrons. The minimum atomic E-state index is -0.319. The highest BCUT2D eigenvalue weighted by atomic mass is 16.5. The van der Waals surface area contributed by atoms with E-state index in [2.05, 4.69) is 15.8 Å². The van der Waals surface area contributed by atoms with Crippen LogP contribution in [0.25, 0.3) is 22.0 Å². The second-order valence-electron chi connectivity index (χ2n) is 7.18. The highest BCUT2D eigenvalue weighted by Gasteiger charge is 2.16. The van der Waals surface area contributed by atoms with Crippen molar-refractivity contribution in [3.05, 3.63) is 60.7 Å². The van der Waals surface area contributed by atoms with Crippen molar-refractivity contribution in [2.24, 2.45) is 0 Å². The molecule has 4 N–H and O–H groups in total. The van der Waals surface area contributed by atoms with Crippen LogP contribution in [-0.2, 0) is 0 Å². The zero-order valence-electron chi connectivity index (χ0n) is 17.5. The molecular formula is C23H23N5O3. The number of fused-ring (bicyclic) bond motifs is 1. The fourth-order valence-electron chi connectivity index (χ4n) is 3.33. The Balaban J connectivity index is 1.49. The summed E-state index contributed by atoms with van der Waals surface area (Å²) in [6.07, 6.45) is 0. The molecule has 0 radical (unpaired) electrons. The number of methoxy groups -OCH3 is 1. The number of urea groups is 1. The van der Waals surface area contributed by atoms with Gasteiger partial charge in [-0.2, -0.15) is 0 Å². The summed E-state index contributed by atoms with van der Waals surface area (Å²) in [6, 6.07) is 18.4. The predicted octanol–water partition coefficient (Wildman–Crippen LogP) is 4.80. The Kier molecular flexibility index (Phi) is 5.36. The standard InChI is InChI=1S/C23H23N5O3/c1-28(2)17-10-8-16(9-11-17)26-23(29)25-15-6-4-14(5-7-15)18-12-13-19(30-3)21-20(18)22(24)31-27-21/h4-13H,24H2,1-3H3,(H2,25,26,29). The van der Waals surface area contributed by atoms with Gasteiger partial charge in [0.1, 0.15) is 5.75 Å². The number of benzene rings is 3. The molecule has 0 aliphatic rings. The van der Waals surface area contributed by atoms with E-state index in [0.29, 0.717) is 28.0 Å². The number of amides is 2. The number of nitrogens with two attached hydrogens (primary N) is 1. The van der Waals surface area contributed by atoms with Crippen molar-refractivity contribution in [3.63, 3.8) is 0 Å². The molecule has 1 aromatic heterocycles. The molecule has 4 aromatic rings. The summed E-state index contributed by atoms with van der Waals surface area (Å²) in [6.45, 7) is 0. The number of hydrogen-bond donors (Lipinski definition) is 3. The Hall–Kier alpha value is -4.20. The summed E-state index contributed by atoms with van der Waals surface area (Å²) in [5.41, 5.74) is 10.8. The van der Waals surface area contributed by atoms with E-state index in [9.17, 15) is 4.79 Å². The number of rotatable bonds is 5. The topological polar surface area (TPSA) is 106 Å². The van der Waals surface area contributed by atoms with Gasteiger partial charge < -0.3 is 30.5 Å². The first-order valence-corrected chi connectivity index (χ1v) is 9.64. The molecule has 0 saturated carbocycles. The minimum Gasteiger partial charge on any atom is -0.494 e. The first-order chi connectivity index (χ1) is 15.0. The Labute approximate surface area is 179 Å². The average Bonchev–Trinajstić information content (AvgIpc) is 3.16. The lowest BCUT2D eigenvalue weighted by Crippen LogP contribution is -2.19. The average molecular weight is 417 g/mol. The predicted molar refractivity (Wildman–Crippen MR) is 124 cm³/mol. The summed E-state index contributed by atoms with van der Waals surface area (Å²) in [4.78, 5) is 14.3. The fraction of sp³-hybridized carbons (Fsp3) is 0.130. The van der Waals surface area contributed by atoms with E-state index in [-0.39, 0.29) is 11.9 Å². The van der Waals surface area contributed by atoms with Crippen LogP contribution in [0.4, 0.5) is 27.7 Å². The third-order valence-corrected chi connectivity index (χ3v) is 4.94. The Morgan fingerprint density at radius 1 is 0.968 bits per heavy atom. The zero-order chi connectivity index (χ0) is 22.0. The van der Waals surface area contributed by atoms with Gasteiger partial charge >= 0.3 is 6.03 Å². The molecule has 8 heteroatoms. The number of ether oxygens (including phenoxy) is 1. The number of hydrogen-bond acceptors (Lipinski definition) is 6. The number of aromatic nitrogens is 1. The molecular weight excluding hydrogens is 394 g/mol. The van der Waals surface area contributed by atoms with Gasteiger partial charge in [0.2, 0.25) is 5.88 Å². The number of nitrogen functional groups attached to an aromatic ring is 1. The maximum absolute atomic E-state index is 12.3. The van der Waals surface area contributed by atoms with Crippen molar-refractivity contribution < 1.29 is 14.1 Å². The quantitative estimate of drug-likeness (QED) is 0.431. The van der Waals surface area contributed by atoms with Crippen LogP contribution >= 0.6 is 0 Å². The molecule has 0 spiro atoms. The highest BCUT2D eigenvalue weighted by molar-refractivity contribution is 6.04. The van der Waals surface area contributed by atoms with Gasteiger partial charge in [0.05, 0.1) is 12.5 Å². The number of anilines is 4. The molecule has 3 aromatic carbocycles. The minimum absolute atomic E-state index is 0.228. The van der Waals surface area contributed by atoms with Crippen molar-refractivity contribution in [1.82, 2.24) is 5.16 Å². The summed E-state index contributed by atoms with van der Waals surface area (Å²) in [5.74, 6) is 0.818. The van der Waals surface area contributed by atoms with E-state index < -0.39 is 0 Å². The molecule has 0 fully saturated rings. The van der Waals surface area contributed by atoms with Crippen LogP contribution in [0.5, 0.6) is 5.75 Å². The second kappa shape index (κ2) is 8.27. The van der Waals surface area contributed by atoms with E-state index in [1.165, 1.54) is 0 Å². The second-order valence-corrected chi connectivity index (χ2v) is 7.18. The number of nitrogens with zero attached hydrogens (tertiary/aromatic N) is 2. The molecule has 4 rings (SSSR count). The van der Waals surface area contributed by atoms with Crippen LogP contribution in [0.15, 0.2) is 65.2 Å². The zero-order valence-corrected chi connectivity index (χ0v) is 17.5. The summed E-state index contributed by atoms with van der Waals surface area (Å²) < 4.78 is 10.5. The van der Waals surface area contributed by atoms with E-state index in [1.807, 2.05) is 79.7 Å². The normalized spacial score (nSPS) is 10.7. The summed E-state index contributed by atoms with van der Waals surface area (Å²) in [7, 11) is 5.50. The van der Waals surface area contributed by atoms with Gasteiger partial charge in [-0.25, -0.2) is 4.79 Å². The van der Waals surface area contributed by atoms with E-state index in [0.717, 1.165) is 16.8 Å². The molecule has 2 amide bonds. The van der Waals surface area contributed by atoms with Crippen LogP contribution in [0.2, 0.25) is 0 Å². The SMILES string of the molecule is COc1ccc(-c2ccc(NC(=O)Nc3ccc(N(C)C)cc3)cc2)c2c(N)onc12. The molecule has 0 aliphatic carbocycles. The number of nitrogens with one attached hydrogen (secondary N) is 2. The number of carbonyl (C=O) groups excluding carboxylic acids is 1. The molecule has 1 heterocycles. The van der Waals surface area contributed by atoms with Crippen LogP contribution in [-0.4, -0.2) is 32.4 Å². The first-order valence-electron chi connectivity index (χ1n) is 9.64. The van der Waals surface area contributed by atoms with Gasteiger partial charge in [-0.1, -0.05) is 17.3 Å². The molecule has 0 saturated heterocycles. The first kappa shape index (κ1) is 20.1. The van der Waals surface area contributed by atoms with E-state index in [1.54, 1.807) is 7.11 Å². The summed E-state index contributed by atoms with van der Waals surface area (Å²) >= 11 is 0. The lowest BCUT2D eigenvalue weighted by atomic mass is 10.0. The lowest BCUT2D eigenvalue weighted by Gasteiger charge is -2.13. The Morgan fingerprint density at radius 2 is 1.58 bits per heavy atom. The summed E-state index contributed by atoms with van der Waals surface area (Å²) in [5, 5.41) is 10.3. The maximum Gasteiger partial charge on any atom is 0.323 e. The molecule has 0 bridgehead atoms. The third kappa shape index (κ3) is 4.09. The van der Waals surface area contributed by atoms with Gasteiger partial charge in [0, 0.05) is 31.2 Å². The van der Waals surface area contributed by atoms with Gasteiger partial charge in [0.25, 0.3) is 0 Å². The Morgan fingerprint density at radius 3 is 2.16 bits per heavy atom.